The number of carbonyl (C=O) groups excluding carboxylic acids is 2. The number of ketones is 1. The number of amides is 1. The van der Waals surface area contributed by atoms with Crippen LogP contribution in [-0.2, 0) is 9.59 Å². The molecule has 1 amide bonds. The van der Waals surface area contributed by atoms with Gasteiger partial charge in [0.05, 0.1) is 6.54 Å². The van der Waals surface area contributed by atoms with Crippen LogP contribution in [0, 0.1) is 0 Å². The van der Waals surface area contributed by atoms with Crippen molar-refractivity contribution in [3.8, 4) is 0 Å². The van der Waals surface area contributed by atoms with Gasteiger partial charge < -0.3 is 0 Å². The smallest absolute Gasteiger partial charge is 0.228 e. The van der Waals surface area contributed by atoms with E-state index in [2.05, 4.69) is 5.43 Å². The monoisotopic (exact) mass is 140 g/mol. The Morgan fingerprint density at radius 2 is 2.50 bits per heavy atom. The Morgan fingerprint density at radius 3 is 3.20 bits per heavy atom. The van der Waals surface area contributed by atoms with Gasteiger partial charge in [0.2, 0.25) is 6.41 Å². The summed E-state index contributed by atoms with van der Waals surface area (Å²) in [6.07, 6.45) is 4.21. The highest BCUT2D eigenvalue weighted by atomic mass is 16.1. The summed E-state index contributed by atoms with van der Waals surface area (Å²) in [5, 5.41) is 1.23. The van der Waals surface area contributed by atoms with E-state index in [1.807, 2.05) is 0 Å². The van der Waals surface area contributed by atoms with Crippen LogP contribution in [0.15, 0.2) is 12.3 Å². The van der Waals surface area contributed by atoms with Crippen molar-refractivity contribution in [1.29, 1.82) is 0 Å². The quantitative estimate of drug-likeness (QED) is 0.496. The van der Waals surface area contributed by atoms with Crippen molar-refractivity contribution in [3.05, 3.63) is 12.3 Å². The first kappa shape index (κ1) is 6.95. The maximum absolute atomic E-state index is 10.7. The number of Topliss-reactive ketones (excluding diaryl/α,β-unsaturated/α-hetero) is 1. The van der Waals surface area contributed by atoms with E-state index in [1.165, 1.54) is 11.2 Å². The van der Waals surface area contributed by atoms with Crippen molar-refractivity contribution in [2.45, 2.75) is 6.42 Å². The Hall–Kier alpha value is -1.16. The van der Waals surface area contributed by atoms with E-state index in [-0.39, 0.29) is 12.3 Å². The zero-order valence-electron chi connectivity index (χ0n) is 5.41. The number of hydrogen-bond donors (Lipinski definition) is 1. The molecule has 0 bridgehead atoms. The van der Waals surface area contributed by atoms with Gasteiger partial charge in [-0.25, -0.2) is 5.43 Å². The van der Waals surface area contributed by atoms with Gasteiger partial charge >= 0.3 is 0 Å². The van der Waals surface area contributed by atoms with Gasteiger partial charge in [-0.15, -0.1) is 0 Å². The second kappa shape index (κ2) is 3.12. The van der Waals surface area contributed by atoms with Crippen molar-refractivity contribution >= 4 is 12.2 Å². The average Bonchev–Trinajstić information content (AvgIpc) is 2.14. The van der Waals surface area contributed by atoms with E-state index >= 15 is 0 Å². The Bertz CT molecular complexity index is 177. The number of nitrogens with zero attached hydrogens (tertiary/aromatic N) is 1. The summed E-state index contributed by atoms with van der Waals surface area (Å²) >= 11 is 0. The van der Waals surface area contributed by atoms with Crippen LogP contribution in [0.3, 0.4) is 0 Å². The lowest BCUT2D eigenvalue weighted by Gasteiger charge is -2.08. The number of hydrogen-bond acceptors (Lipinski definition) is 3. The lowest BCUT2D eigenvalue weighted by atomic mass is 10.3. The molecule has 1 N–H and O–H groups in total. The van der Waals surface area contributed by atoms with Crippen LogP contribution < -0.4 is 5.43 Å². The molecule has 0 atom stereocenters. The van der Waals surface area contributed by atoms with Crippen molar-refractivity contribution in [1.82, 2.24) is 10.4 Å². The van der Waals surface area contributed by atoms with E-state index in [0.717, 1.165) is 0 Å². The first-order valence-electron chi connectivity index (χ1n) is 2.98. The summed E-state index contributed by atoms with van der Waals surface area (Å²) in [7, 11) is 0. The molecule has 10 heavy (non-hydrogen) atoms. The Kier molecular flexibility index (Phi) is 2.17. The topological polar surface area (TPSA) is 49.4 Å². The molecule has 0 aromatic rings. The number of allylic oxidation sites excluding steroid dienone is 1. The summed E-state index contributed by atoms with van der Waals surface area (Å²) < 4.78 is 0. The first-order valence-corrected chi connectivity index (χ1v) is 2.98. The third-order valence-electron chi connectivity index (χ3n) is 1.18. The van der Waals surface area contributed by atoms with Crippen LogP contribution in [0.25, 0.3) is 0 Å². The Labute approximate surface area is 58.5 Å². The number of carbonyl (C=O) groups is 2. The van der Waals surface area contributed by atoms with E-state index in [1.54, 1.807) is 6.08 Å². The fraction of sp³-hybridized carbons (Fsp3) is 0.333. The Balaban J connectivity index is 2.53. The fourth-order valence-corrected chi connectivity index (χ4v) is 0.674. The van der Waals surface area contributed by atoms with E-state index in [0.29, 0.717) is 12.8 Å². The van der Waals surface area contributed by atoms with Crippen LogP contribution in [0.4, 0.5) is 0 Å². The van der Waals surface area contributed by atoms with Crippen molar-refractivity contribution in [3.63, 3.8) is 0 Å². The molecule has 0 unspecified atom stereocenters. The van der Waals surface area contributed by atoms with Gasteiger partial charge in [-0.05, 0) is 0 Å². The number of rotatable bonds is 1. The predicted octanol–water partition coefficient (Wildman–Crippen LogP) is -0.564. The summed E-state index contributed by atoms with van der Waals surface area (Å²) in [6.45, 7) is 0.228. The molecule has 0 saturated heterocycles. The molecule has 1 rings (SSSR count). The van der Waals surface area contributed by atoms with Gasteiger partial charge in [0.1, 0.15) is 0 Å². The van der Waals surface area contributed by atoms with Gasteiger partial charge in [0.15, 0.2) is 5.78 Å². The van der Waals surface area contributed by atoms with Crippen LogP contribution in [0.5, 0.6) is 0 Å². The SMILES string of the molecule is O=CN1C=CCC(=O)CN1. The molecule has 0 saturated carbocycles. The van der Waals surface area contributed by atoms with Gasteiger partial charge in [0.25, 0.3) is 0 Å². The molecule has 4 nitrogen and oxygen atoms in total. The van der Waals surface area contributed by atoms with Gasteiger partial charge in [-0.3, -0.25) is 14.6 Å². The molecule has 1 aliphatic rings. The number of hydrazine groups is 1. The van der Waals surface area contributed by atoms with Crippen LogP contribution in [0.2, 0.25) is 0 Å². The maximum Gasteiger partial charge on any atom is 0.228 e. The minimum Gasteiger partial charge on any atom is -0.298 e. The van der Waals surface area contributed by atoms with Crippen molar-refractivity contribution < 1.29 is 9.59 Å². The summed E-state index contributed by atoms with van der Waals surface area (Å²) in [5.41, 5.74) is 2.61. The predicted molar refractivity (Wildman–Crippen MR) is 34.7 cm³/mol. The van der Waals surface area contributed by atoms with Crippen molar-refractivity contribution in [2.75, 3.05) is 6.54 Å². The van der Waals surface area contributed by atoms with E-state index < -0.39 is 0 Å². The van der Waals surface area contributed by atoms with Crippen LogP contribution in [-0.4, -0.2) is 23.7 Å². The second-order valence-electron chi connectivity index (χ2n) is 1.98. The molecule has 0 fully saturated rings. The molecule has 0 aromatic heterocycles. The fourth-order valence-electron chi connectivity index (χ4n) is 0.674. The Morgan fingerprint density at radius 1 is 1.70 bits per heavy atom. The highest BCUT2D eigenvalue weighted by molar-refractivity contribution is 5.82. The highest BCUT2D eigenvalue weighted by Gasteiger charge is 2.05. The average molecular weight is 140 g/mol. The minimum atomic E-state index is 0.0839. The third-order valence-corrected chi connectivity index (χ3v) is 1.18. The van der Waals surface area contributed by atoms with E-state index in [9.17, 15) is 9.59 Å². The molecular formula is C6H8N2O2. The first-order chi connectivity index (χ1) is 4.83. The summed E-state index contributed by atoms with van der Waals surface area (Å²) in [4.78, 5) is 20.8. The summed E-state index contributed by atoms with van der Waals surface area (Å²) in [6, 6.07) is 0. The van der Waals surface area contributed by atoms with E-state index in [4.69, 9.17) is 0 Å². The molecular weight excluding hydrogens is 132 g/mol. The zero-order chi connectivity index (χ0) is 7.40. The van der Waals surface area contributed by atoms with Gasteiger partial charge in [-0.2, -0.15) is 0 Å². The largest absolute Gasteiger partial charge is 0.298 e. The molecule has 0 spiro atoms. The van der Waals surface area contributed by atoms with Gasteiger partial charge in [-0.1, -0.05) is 6.08 Å². The second-order valence-corrected chi connectivity index (χ2v) is 1.98. The van der Waals surface area contributed by atoms with Crippen LogP contribution >= 0.6 is 0 Å². The maximum atomic E-state index is 10.7. The lowest BCUT2D eigenvalue weighted by molar-refractivity contribution is -0.120. The lowest BCUT2D eigenvalue weighted by Crippen LogP contribution is -2.34. The minimum absolute atomic E-state index is 0.0839. The molecule has 0 radical (unpaired) electrons. The van der Waals surface area contributed by atoms with Crippen molar-refractivity contribution in [2.24, 2.45) is 0 Å². The molecule has 1 aliphatic heterocycles. The highest BCUT2D eigenvalue weighted by Crippen LogP contribution is 1.92. The molecule has 0 aliphatic carbocycles. The normalized spacial score (nSPS) is 18.8. The summed E-state index contributed by atoms with van der Waals surface area (Å²) in [5.74, 6) is 0.0839. The zero-order valence-corrected chi connectivity index (χ0v) is 5.41. The molecule has 54 valence electrons. The number of nitrogens with one attached hydrogen (secondary N) is 1. The standard InChI is InChI=1S/C6H8N2O2/c9-5-8-3-1-2-6(10)4-7-8/h1,3,5,7H,2,4H2. The third kappa shape index (κ3) is 1.66. The van der Waals surface area contributed by atoms with Crippen LogP contribution in [0.1, 0.15) is 6.42 Å². The molecule has 0 aromatic carbocycles. The molecule has 1 heterocycles. The molecule has 4 heteroatoms. The van der Waals surface area contributed by atoms with Gasteiger partial charge in [0, 0.05) is 12.6 Å².